The summed E-state index contributed by atoms with van der Waals surface area (Å²) in [6.07, 6.45) is 2.64. The predicted octanol–water partition coefficient (Wildman–Crippen LogP) is 2.08. The zero-order valence-electron chi connectivity index (χ0n) is 14.7. The molecule has 1 aromatic heterocycles. The van der Waals surface area contributed by atoms with Crippen LogP contribution in [0.3, 0.4) is 0 Å². The molecule has 3 heterocycles. The van der Waals surface area contributed by atoms with Crippen LogP contribution in [0.1, 0.15) is 24.8 Å². The van der Waals surface area contributed by atoms with Crippen LogP contribution in [0.2, 0.25) is 0 Å². The molecule has 9 heteroatoms. The number of likely N-dealkylation sites (tertiary alicyclic amines) is 1. The minimum absolute atomic E-state index is 0.0704. The Balaban J connectivity index is 1.30. The van der Waals surface area contributed by atoms with Gasteiger partial charge in [-0.15, -0.1) is 10.2 Å². The van der Waals surface area contributed by atoms with Gasteiger partial charge in [-0.25, -0.2) is 0 Å². The number of benzene rings is 1. The zero-order valence-corrected chi connectivity index (χ0v) is 15.5. The summed E-state index contributed by atoms with van der Waals surface area (Å²) in [6, 6.07) is 5.75. The van der Waals surface area contributed by atoms with E-state index in [-0.39, 0.29) is 24.5 Å². The number of piperidine rings is 1. The number of anilines is 1. The quantitative estimate of drug-likeness (QED) is 0.843. The third kappa shape index (κ3) is 4.19. The Morgan fingerprint density at radius 1 is 1.30 bits per heavy atom. The van der Waals surface area contributed by atoms with Crippen LogP contribution in [-0.2, 0) is 16.0 Å². The number of amides is 2. The first-order valence-electron chi connectivity index (χ1n) is 8.92. The van der Waals surface area contributed by atoms with E-state index in [1.54, 1.807) is 10.4 Å². The Morgan fingerprint density at radius 2 is 2.19 bits per heavy atom. The van der Waals surface area contributed by atoms with Gasteiger partial charge in [0.15, 0.2) is 11.5 Å². The van der Waals surface area contributed by atoms with Crippen LogP contribution in [-0.4, -0.2) is 46.8 Å². The molecule has 142 valence electrons. The highest BCUT2D eigenvalue weighted by molar-refractivity contribution is 7.13. The van der Waals surface area contributed by atoms with Crippen molar-refractivity contribution >= 4 is 28.3 Å². The van der Waals surface area contributed by atoms with E-state index in [0.717, 1.165) is 29.9 Å². The smallest absolute Gasteiger partial charge is 0.231 e. The largest absolute Gasteiger partial charge is 0.454 e. The van der Waals surface area contributed by atoms with E-state index in [1.165, 1.54) is 11.3 Å². The number of ether oxygens (including phenoxy) is 2. The number of nitrogens with one attached hydrogen (secondary N) is 1. The van der Waals surface area contributed by atoms with E-state index in [0.29, 0.717) is 31.1 Å². The van der Waals surface area contributed by atoms with Crippen molar-refractivity contribution in [2.45, 2.75) is 25.7 Å². The van der Waals surface area contributed by atoms with Gasteiger partial charge in [0.2, 0.25) is 23.7 Å². The molecule has 27 heavy (non-hydrogen) atoms. The lowest BCUT2D eigenvalue weighted by molar-refractivity contribution is -0.134. The summed E-state index contributed by atoms with van der Waals surface area (Å²) in [5.41, 5.74) is 2.61. The number of fused-ring (bicyclic) bond motifs is 1. The van der Waals surface area contributed by atoms with Gasteiger partial charge in [-0.1, -0.05) is 17.4 Å². The fraction of sp³-hybridized carbons (Fsp3) is 0.444. The minimum Gasteiger partial charge on any atom is -0.454 e. The highest BCUT2D eigenvalue weighted by Crippen LogP contribution is 2.32. The van der Waals surface area contributed by atoms with Crippen molar-refractivity contribution in [3.63, 3.8) is 0 Å². The number of nitrogens with zero attached hydrogens (tertiary/aromatic N) is 3. The van der Waals surface area contributed by atoms with Gasteiger partial charge in [0.05, 0.1) is 5.92 Å². The Bertz CT molecular complexity index is 827. The van der Waals surface area contributed by atoms with Crippen LogP contribution in [0, 0.1) is 5.92 Å². The van der Waals surface area contributed by atoms with Gasteiger partial charge in [0, 0.05) is 19.5 Å². The highest BCUT2D eigenvalue weighted by atomic mass is 32.1. The normalized spacial score (nSPS) is 18.4. The van der Waals surface area contributed by atoms with Crippen molar-refractivity contribution in [1.82, 2.24) is 15.1 Å². The first kappa shape index (κ1) is 17.7. The van der Waals surface area contributed by atoms with Gasteiger partial charge in [0.1, 0.15) is 5.51 Å². The average Bonchev–Trinajstić information content (AvgIpc) is 3.37. The molecule has 1 fully saturated rings. The summed E-state index contributed by atoms with van der Waals surface area (Å²) in [4.78, 5) is 26.8. The van der Waals surface area contributed by atoms with Gasteiger partial charge in [-0.3, -0.25) is 9.59 Å². The van der Waals surface area contributed by atoms with Crippen molar-refractivity contribution < 1.29 is 19.1 Å². The molecule has 2 aromatic rings. The molecule has 2 aliphatic heterocycles. The second kappa shape index (κ2) is 7.91. The number of aromatic nitrogens is 2. The van der Waals surface area contributed by atoms with Gasteiger partial charge in [-0.2, -0.15) is 0 Å². The zero-order chi connectivity index (χ0) is 18.6. The Labute approximate surface area is 160 Å². The monoisotopic (exact) mass is 388 g/mol. The first-order chi connectivity index (χ1) is 13.2. The molecule has 1 atom stereocenters. The van der Waals surface area contributed by atoms with Gasteiger partial charge in [-0.05, 0) is 37.0 Å². The SMILES string of the molecule is O=C(Nc1nncs1)[C@H]1CCCN(C(=O)CCc2ccc3c(c2)OCO3)C1. The highest BCUT2D eigenvalue weighted by Gasteiger charge is 2.28. The van der Waals surface area contributed by atoms with Crippen molar-refractivity contribution in [3.8, 4) is 11.5 Å². The lowest BCUT2D eigenvalue weighted by Crippen LogP contribution is -2.43. The number of aryl methyl sites for hydroxylation is 1. The molecule has 0 radical (unpaired) electrons. The molecule has 1 N–H and O–H groups in total. The topological polar surface area (TPSA) is 93.7 Å². The summed E-state index contributed by atoms with van der Waals surface area (Å²) < 4.78 is 10.7. The molecule has 0 aliphatic carbocycles. The molecule has 0 saturated carbocycles. The molecular formula is C18H20N4O4S. The van der Waals surface area contributed by atoms with Crippen LogP contribution in [0.4, 0.5) is 5.13 Å². The second-order valence-electron chi connectivity index (χ2n) is 6.60. The third-order valence-electron chi connectivity index (χ3n) is 4.80. The van der Waals surface area contributed by atoms with Crippen LogP contribution < -0.4 is 14.8 Å². The summed E-state index contributed by atoms with van der Waals surface area (Å²) in [6.45, 7) is 1.39. The van der Waals surface area contributed by atoms with Crippen LogP contribution >= 0.6 is 11.3 Å². The van der Waals surface area contributed by atoms with E-state index in [4.69, 9.17) is 9.47 Å². The van der Waals surface area contributed by atoms with Gasteiger partial charge < -0.3 is 19.7 Å². The summed E-state index contributed by atoms with van der Waals surface area (Å²) >= 11 is 1.28. The summed E-state index contributed by atoms with van der Waals surface area (Å²) in [7, 11) is 0. The van der Waals surface area contributed by atoms with E-state index < -0.39 is 0 Å². The van der Waals surface area contributed by atoms with Crippen molar-refractivity contribution in [2.24, 2.45) is 5.92 Å². The van der Waals surface area contributed by atoms with Crippen molar-refractivity contribution in [3.05, 3.63) is 29.3 Å². The fourth-order valence-electron chi connectivity index (χ4n) is 3.36. The fourth-order valence-corrected chi connectivity index (χ4v) is 3.81. The van der Waals surface area contributed by atoms with E-state index in [1.807, 2.05) is 18.2 Å². The number of carbonyl (C=O) groups is 2. The predicted molar refractivity (Wildman–Crippen MR) is 98.7 cm³/mol. The summed E-state index contributed by atoms with van der Waals surface area (Å²) in [5, 5.41) is 10.8. The van der Waals surface area contributed by atoms with Crippen LogP contribution in [0.15, 0.2) is 23.7 Å². The maximum absolute atomic E-state index is 12.6. The second-order valence-corrected chi connectivity index (χ2v) is 7.43. The Morgan fingerprint density at radius 3 is 3.04 bits per heavy atom. The molecule has 2 amide bonds. The lowest BCUT2D eigenvalue weighted by atomic mass is 9.96. The number of rotatable bonds is 5. The third-order valence-corrected chi connectivity index (χ3v) is 5.41. The number of hydrogen-bond acceptors (Lipinski definition) is 7. The molecule has 0 spiro atoms. The van der Waals surface area contributed by atoms with E-state index in [2.05, 4.69) is 15.5 Å². The number of carbonyl (C=O) groups excluding carboxylic acids is 2. The molecule has 4 rings (SSSR count). The standard InChI is InChI=1S/C18H20N4O4S/c23-16(6-4-12-3-5-14-15(8-12)26-11-25-14)22-7-1-2-13(9-22)17(24)20-18-21-19-10-27-18/h3,5,8,10,13H,1-2,4,6-7,9,11H2,(H,20,21,24)/t13-/m0/s1. The van der Waals surface area contributed by atoms with Crippen LogP contribution in [0.5, 0.6) is 11.5 Å². The van der Waals surface area contributed by atoms with Crippen molar-refractivity contribution in [1.29, 1.82) is 0 Å². The minimum atomic E-state index is -0.211. The molecular weight excluding hydrogens is 368 g/mol. The molecule has 2 aliphatic rings. The molecule has 1 aromatic carbocycles. The first-order valence-corrected chi connectivity index (χ1v) is 9.80. The van der Waals surface area contributed by atoms with Gasteiger partial charge >= 0.3 is 0 Å². The molecule has 0 bridgehead atoms. The Hall–Kier alpha value is -2.68. The molecule has 1 saturated heterocycles. The van der Waals surface area contributed by atoms with E-state index >= 15 is 0 Å². The average molecular weight is 388 g/mol. The molecule has 8 nitrogen and oxygen atoms in total. The Kier molecular flexibility index (Phi) is 5.19. The maximum Gasteiger partial charge on any atom is 0.231 e. The van der Waals surface area contributed by atoms with Crippen molar-refractivity contribution in [2.75, 3.05) is 25.2 Å². The molecule has 0 unspecified atom stereocenters. The maximum atomic E-state index is 12.6. The van der Waals surface area contributed by atoms with E-state index in [9.17, 15) is 9.59 Å². The summed E-state index contributed by atoms with van der Waals surface area (Å²) in [5.74, 6) is 1.23. The van der Waals surface area contributed by atoms with Gasteiger partial charge in [0.25, 0.3) is 0 Å². The van der Waals surface area contributed by atoms with Crippen LogP contribution in [0.25, 0.3) is 0 Å². The number of hydrogen-bond donors (Lipinski definition) is 1. The lowest BCUT2D eigenvalue weighted by Gasteiger charge is -2.32.